The summed E-state index contributed by atoms with van der Waals surface area (Å²) >= 11 is 1.52. The molecule has 2 N–H and O–H groups in total. The topological polar surface area (TPSA) is 84.8 Å². The van der Waals surface area contributed by atoms with Crippen LogP contribution < -0.4 is 5.73 Å². The molecule has 1 fully saturated rings. The first-order chi connectivity index (χ1) is 8.29. The summed E-state index contributed by atoms with van der Waals surface area (Å²) in [6.07, 6.45) is 5.23. The fourth-order valence-corrected chi connectivity index (χ4v) is 2.53. The van der Waals surface area contributed by atoms with Gasteiger partial charge in [-0.15, -0.1) is 0 Å². The van der Waals surface area contributed by atoms with Crippen LogP contribution in [0.2, 0.25) is 0 Å². The molecule has 1 atom stereocenters. The van der Waals surface area contributed by atoms with E-state index >= 15 is 0 Å². The highest BCUT2D eigenvalue weighted by Gasteiger charge is 2.15. The molecule has 1 aromatic rings. The van der Waals surface area contributed by atoms with E-state index in [0.717, 1.165) is 25.2 Å². The third-order valence-electron chi connectivity index (χ3n) is 2.59. The van der Waals surface area contributed by atoms with Crippen LogP contribution in [-0.2, 0) is 4.74 Å². The minimum absolute atomic E-state index is 0.245. The molecule has 0 amide bonds. The molecule has 1 aliphatic heterocycles. The highest BCUT2D eigenvalue weighted by atomic mass is 32.2. The van der Waals surface area contributed by atoms with Crippen LogP contribution in [0.3, 0.4) is 0 Å². The third-order valence-corrected chi connectivity index (χ3v) is 3.58. The Balaban J connectivity index is 1.90. The molecule has 0 radical (unpaired) electrons. The summed E-state index contributed by atoms with van der Waals surface area (Å²) in [6.45, 7) is 0.849. The van der Waals surface area contributed by atoms with Gasteiger partial charge in [-0.05, 0) is 19.3 Å². The van der Waals surface area contributed by atoms with Crippen LogP contribution in [0.25, 0.3) is 0 Å². The molecular formula is C11H14N4OS. The molecule has 0 bridgehead atoms. The molecule has 17 heavy (non-hydrogen) atoms. The lowest BCUT2D eigenvalue weighted by Gasteiger charge is -2.21. The monoisotopic (exact) mass is 250 g/mol. The number of nitrogens with two attached hydrogens (primary N) is 1. The van der Waals surface area contributed by atoms with E-state index in [4.69, 9.17) is 15.7 Å². The quantitative estimate of drug-likeness (QED) is 0.647. The van der Waals surface area contributed by atoms with Crippen LogP contribution in [-0.4, -0.2) is 28.4 Å². The minimum atomic E-state index is 0.245. The second-order valence-electron chi connectivity index (χ2n) is 3.86. The number of hydrogen-bond donors (Lipinski definition) is 1. The standard InChI is InChI=1S/C11H14N4OS/c12-5-8-6-14-11(15-10(8)13)17-7-9-3-1-2-4-16-9/h6,9H,1-4,7H2,(H2,13,14,15). The lowest BCUT2D eigenvalue weighted by atomic mass is 10.1. The van der Waals surface area contributed by atoms with Crippen LogP contribution in [0.5, 0.6) is 0 Å². The van der Waals surface area contributed by atoms with Crippen molar-refractivity contribution in [1.82, 2.24) is 9.97 Å². The predicted octanol–water partition coefficient (Wildman–Crippen LogP) is 1.59. The predicted molar refractivity (Wildman–Crippen MR) is 65.5 cm³/mol. The van der Waals surface area contributed by atoms with Gasteiger partial charge >= 0.3 is 0 Å². The van der Waals surface area contributed by atoms with Gasteiger partial charge in [-0.2, -0.15) is 5.26 Å². The Morgan fingerprint density at radius 2 is 2.47 bits per heavy atom. The van der Waals surface area contributed by atoms with Crippen molar-refractivity contribution < 1.29 is 4.74 Å². The van der Waals surface area contributed by atoms with Crippen molar-refractivity contribution in [3.8, 4) is 6.07 Å². The number of thioether (sulfide) groups is 1. The zero-order valence-electron chi connectivity index (χ0n) is 9.43. The molecule has 2 rings (SSSR count). The van der Waals surface area contributed by atoms with Crippen LogP contribution >= 0.6 is 11.8 Å². The van der Waals surface area contributed by atoms with E-state index in [0.29, 0.717) is 10.7 Å². The van der Waals surface area contributed by atoms with E-state index in [1.807, 2.05) is 6.07 Å². The fourth-order valence-electron chi connectivity index (χ4n) is 1.64. The van der Waals surface area contributed by atoms with Gasteiger partial charge in [0.1, 0.15) is 17.5 Å². The highest BCUT2D eigenvalue weighted by molar-refractivity contribution is 7.99. The van der Waals surface area contributed by atoms with Crippen LogP contribution in [0.1, 0.15) is 24.8 Å². The summed E-state index contributed by atoms with van der Waals surface area (Å²) < 4.78 is 5.61. The number of aromatic nitrogens is 2. The van der Waals surface area contributed by atoms with Crippen molar-refractivity contribution in [2.45, 2.75) is 30.5 Å². The maximum atomic E-state index is 8.71. The van der Waals surface area contributed by atoms with Gasteiger partial charge in [-0.25, -0.2) is 9.97 Å². The maximum Gasteiger partial charge on any atom is 0.189 e. The van der Waals surface area contributed by atoms with Gasteiger partial charge in [0.05, 0.1) is 12.3 Å². The van der Waals surface area contributed by atoms with E-state index in [-0.39, 0.29) is 11.9 Å². The Bertz CT molecular complexity index is 426. The van der Waals surface area contributed by atoms with Crippen LogP contribution in [0.4, 0.5) is 5.82 Å². The molecule has 2 heterocycles. The lowest BCUT2D eigenvalue weighted by molar-refractivity contribution is 0.0315. The second kappa shape index (κ2) is 5.84. The number of ether oxygens (including phenoxy) is 1. The Kier molecular flexibility index (Phi) is 4.18. The van der Waals surface area contributed by atoms with Crippen molar-refractivity contribution in [1.29, 1.82) is 5.26 Å². The molecule has 0 saturated carbocycles. The highest BCUT2D eigenvalue weighted by Crippen LogP contribution is 2.21. The number of nitrogens with zero attached hydrogens (tertiary/aromatic N) is 3. The maximum absolute atomic E-state index is 8.71. The van der Waals surface area contributed by atoms with Crippen molar-refractivity contribution in [2.24, 2.45) is 0 Å². The summed E-state index contributed by atoms with van der Waals surface area (Å²) in [5, 5.41) is 9.31. The van der Waals surface area contributed by atoms with Crippen molar-refractivity contribution in [2.75, 3.05) is 18.1 Å². The van der Waals surface area contributed by atoms with Crippen molar-refractivity contribution >= 4 is 17.6 Å². The summed E-state index contributed by atoms with van der Waals surface area (Å²) in [4.78, 5) is 8.17. The summed E-state index contributed by atoms with van der Waals surface area (Å²) in [5.41, 5.74) is 5.94. The summed E-state index contributed by atoms with van der Waals surface area (Å²) in [7, 11) is 0. The molecular weight excluding hydrogens is 236 g/mol. The molecule has 0 spiro atoms. The zero-order chi connectivity index (χ0) is 12.1. The molecule has 1 saturated heterocycles. The fraction of sp³-hybridized carbons (Fsp3) is 0.545. The van der Waals surface area contributed by atoms with Gasteiger partial charge in [0.25, 0.3) is 0 Å². The number of hydrogen-bond acceptors (Lipinski definition) is 6. The van der Waals surface area contributed by atoms with E-state index in [1.165, 1.54) is 24.4 Å². The first-order valence-electron chi connectivity index (χ1n) is 5.56. The minimum Gasteiger partial charge on any atom is -0.382 e. The third kappa shape index (κ3) is 3.32. The van der Waals surface area contributed by atoms with Crippen molar-refractivity contribution in [3.05, 3.63) is 11.8 Å². The average Bonchev–Trinajstić information content (AvgIpc) is 2.38. The first-order valence-corrected chi connectivity index (χ1v) is 6.55. The number of nitrogen functional groups attached to an aromatic ring is 1. The molecule has 5 nitrogen and oxygen atoms in total. The largest absolute Gasteiger partial charge is 0.382 e. The summed E-state index contributed by atoms with van der Waals surface area (Å²) in [6, 6.07) is 1.94. The van der Waals surface area contributed by atoms with Gasteiger partial charge in [-0.3, -0.25) is 0 Å². The van der Waals surface area contributed by atoms with Gasteiger partial charge in [0, 0.05) is 12.4 Å². The van der Waals surface area contributed by atoms with Gasteiger partial charge < -0.3 is 10.5 Å². The van der Waals surface area contributed by atoms with Gasteiger partial charge in [0.2, 0.25) is 0 Å². The molecule has 0 aliphatic carbocycles. The molecule has 1 aromatic heterocycles. The molecule has 0 aromatic carbocycles. The van der Waals surface area contributed by atoms with E-state index in [9.17, 15) is 0 Å². The van der Waals surface area contributed by atoms with Gasteiger partial charge in [-0.1, -0.05) is 11.8 Å². The zero-order valence-corrected chi connectivity index (χ0v) is 10.2. The second-order valence-corrected chi connectivity index (χ2v) is 4.85. The Labute approximate surface area is 104 Å². The van der Waals surface area contributed by atoms with E-state index in [1.54, 1.807) is 0 Å². The molecule has 6 heteroatoms. The average molecular weight is 250 g/mol. The van der Waals surface area contributed by atoms with Crippen LogP contribution in [0, 0.1) is 11.3 Å². The molecule has 1 unspecified atom stereocenters. The van der Waals surface area contributed by atoms with Crippen molar-refractivity contribution in [3.63, 3.8) is 0 Å². The molecule has 1 aliphatic rings. The lowest BCUT2D eigenvalue weighted by Crippen LogP contribution is -2.21. The normalized spacial score (nSPS) is 19.8. The summed E-state index contributed by atoms with van der Waals surface area (Å²) in [5.74, 6) is 1.08. The first kappa shape index (κ1) is 12.1. The van der Waals surface area contributed by atoms with Crippen LogP contribution in [0.15, 0.2) is 11.4 Å². The molecule has 90 valence electrons. The Morgan fingerprint density at radius 1 is 1.59 bits per heavy atom. The SMILES string of the molecule is N#Cc1cnc(SCC2CCCCO2)nc1N. The number of anilines is 1. The number of nitriles is 1. The number of rotatable bonds is 3. The van der Waals surface area contributed by atoms with E-state index < -0.39 is 0 Å². The van der Waals surface area contributed by atoms with E-state index in [2.05, 4.69) is 9.97 Å². The smallest absolute Gasteiger partial charge is 0.189 e. The van der Waals surface area contributed by atoms with Gasteiger partial charge in [0.15, 0.2) is 5.16 Å². The Hall–Kier alpha value is -1.32. The Morgan fingerprint density at radius 3 is 3.12 bits per heavy atom.